The molecule has 0 bridgehead atoms. The summed E-state index contributed by atoms with van der Waals surface area (Å²) in [5, 5.41) is 20.1. The standard InChI is InChI=1S/C26H23Cl2N7O/c27-22-10-9-16(11-23(22)28)15-36-19-8-4-7-18(12-19)20-13-29-26-21(25-31-33-34-32-25)14-30-35(26)24(20)17-5-2-1-3-6-17/h4,7-14,17H,1-3,5-6,15H2,(H,31,32,33,34). The van der Waals surface area contributed by atoms with Crippen molar-refractivity contribution in [3.8, 4) is 28.3 Å². The molecule has 36 heavy (non-hydrogen) atoms. The fourth-order valence-corrected chi connectivity index (χ4v) is 5.25. The molecule has 0 saturated heterocycles. The summed E-state index contributed by atoms with van der Waals surface area (Å²) in [5.41, 5.74) is 5.73. The molecular weight excluding hydrogens is 497 g/mol. The van der Waals surface area contributed by atoms with Gasteiger partial charge in [0, 0.05) is 17.7 Å². The number of benzene rings is 2. The highest BCUT2D eigenvalue weighted by Crippen LogP contribution is 2.39. The third-order valence-electron chi connectivity index (χ3n) is 6.69. The lowest BCUT2D eigenvalue weighted by atomic mass is 9.84. The Kier molecular flexibility index (Phi) is 6.29. The molecule has 0 radical (unpaired) electrons. The minimum absolute atomic E-state index is 0.389. The molecule has 5 aromatic rings. The molecular formula is C26H23Cl2N7O. The van der Waals surface area contributed by atoms with Gasteiger partial charge in [0.25, 0.3) is 0 Å². The monoisotopic (exact) mass is 519 g/mol. The highest BCUT2D eigenvalue weighted by atomic mass is 35.5. The van der Waals surface area contributed by atoms with Gasteiger partial charge in [-0.05, 0) is 58.7 Å². The van der Waals surface area contributed by atoms with Crippen molar-refractivity contribution >= 4 is 28.8 Å². The first-order chi connectivity index (χ1) is 17.7. The lowest BCUT2D eigenvalue weighted by molar-refractivity contribution is 0.306. The molecule has 0 unspecified atom stereocenters. The Balaban J connectivity index is 1.38. The van der Waals surface area contributed by atoms with E-state index >= 15 is 0 Å². The van der Waals surface area contributed by atoms with E-state index in [1.807, 2.05) is 35.0 Å². The predicted molar refractivity (Wildman–Crippen MR) is 138 cm³/mol. The number of hydrogen-bond acceptors (Lipinski definition) is 6. The number of H-pyrrole nitrogens is 1. The van der Waals surface area contributed by atoms with E-state index in [9.17, 15) is 0 Å². The van der Waals surface area contributed by atoms with Gasteiger partial charge in [-0.3, -0.25) is 0 Å². The highest BCUT2D eigenvalue weighted by Gasteiger charge is 2.25. The van der Waals surface area contributed by atoms with Gasteiger partial charge < -0.3 is 4.74 Å². The van der Waals surface area contributed by atoms with Crippen LogP contribution < -0.4 is 4.74 Å². The Morgan fingerprint density at radius 1 is 0.972 bits per heavy atom. The number of halogens is 2. The Labute approximate surface area is 217 Å². The van der Waals surface area contributed by atoms with Gasteiger partial charge in [0.15, 0.2) is 11.5 Å². The molecule has 10 heteroatoms. The van der Waals surface area contributed by atoms with Gasteiger partial charge in [0.1, 0.15) is 12.4 Å². The van der Waals surface area contributed by atoms with Gasteiger partial charge in [-0.25, -0.2) is 14.6 Å². The number of nitrogens with zero attached hydrogens (tertiary/aromatic N) is 6. The number of nitrogens with one attached hydrogen (secondary N) is 1. The molecule has 1 aliphatic rings. The van der Waals surface area contributed by atoms with Crippen molar-refractivity contribution in [3.05, 3.63) is 76.2 Å². The lowest BCUT2D eigenvalue weighted by Gasteiger charge is -2.25. The fourth-order valence-electron chi connectivity index (χ4n) is 4.93. The summed E-state index contributed by atoms with van der Waals surface area (Å²) in [6.07, 6.45) is 9.65. The van der Waals surface area contributed by atoms with Gasteiger partial charge in [-0.1, -0.05) is 60.7 Å². The van der Waals surface area contributed by atoms with Gasteiger partial charge in [-0.15, -0.1) is 5.10 Å². The molecule has 6 rings (SSSR count). The zero-order chi connectivity index (χ0) is 24.5. The summed E-state index contributed by atoms with van der Waals surface area (Å²) in [4.78, 5) is 4.79. The SMILES string of the molecule is Clc1ccc(COc2cccc(-c3cnc4c(-c5nnn[nH]5)cnn4c3C3CCCCC3)c2)cc1Cl. The van der Waals surface area contributed by atoms with E-state index < -0.39 is 0 Å². The van der Waals surface area contributed by atoms with Crippen molar-refractivity contribution in [2.45, 2.75) is 44.6 Å². The van der Waals surface area contributed by atoms with Crippen LogP contribution >= 0.6 is 23.2 Å². The molecule has 0 spiro atoms. The Hall–Kier alpha value is -3.49. The Morgan fingerprint density at radius 3 is 2.67 bits per heavy atom. The summed E-state index contributed by atoms with van der Waals surface area (Å²) in [6.45, 7) is 0.390. The van der Waals surface area contributed by atoms with E-state index in [2.05, 4.69) is 32.8 Å². The van der Waals surface area contributed by atoms with E-state index in [0.29, 0.717) is 28.4 Å². The predicted octanol–water partition coefficient (Wildman–Crippen LogP) is 6.51. The van der Waals surface area contributed by atoms with Crippen molar-refractivity contribution in [1.29, 1.82) is 0 Å². The molecule has 0 amide bonds. The van der Waals surface area contributed by atoms with Gasteiger partial charge >= 0.3 is 0 Å². The number of aromatic amines is 1. The smallest absolute Gasteiger partial charge is 0.184 e. The van der Waals surface area contributed by atoms with Crippen molar-refractivity contribution in [2.24, 2.45) is 0 Å². The number of tetrazole rings is 1. The molecule has 1 aliphatic carbocycles. The quantitative estimate of drug-likeness (QED) is 0.274. The minimum atomic E-state index is 0.389. The maximum Gasteiger partial charge on any atom is 0.184 e. The fraction of sp³-hybridized carbons (Fsp3) is 0.269. The van der Waals surface area contributed by atoms with E-state index in [1.54, 1.807) is 12.3 Å². The van der Waals surface area contributed by atoms with Crippen molar-refractivity contribution < 1.29 is 4.74 Å². The lowest BCUT2D eigenvalue weighted by Crippen LogP contribution is -2.12. The van der Waals surface area contributed by atoms with Gasteiger partial charge in [-0.2, -0.15) is 5.10 Å². The van der Waals surface area contributed by atoms with Crippen molar-refractivity contribution in [3.63, 3.8) is 0 Å². The number of hydrogen-bond donors (Lipinski definition) is 1. The topological polar surface area (TPSA) is 93.9 Å². The molecule has 8 nitrogen and oxygen atoms in total. The maximum atomic E-state index is 6.16. The van der Waals surface area contributed by atoms with Crippen LogP contribution in [0.5, 0.6) is 5.75 Å². The van der Waals surface area contributed by atoms with E-state index in [1.165, 1.54) is 25.0 Å². The van der Waals surface area contributed by atoms with Crippen LogP contribution in [-0.2, 0) is 6.61 Å². The number of rotatable bonds is 6. The summed E-state index contributed by atoms with van der Waals surface area (Å²) < 4.78 is 8.07. The molecule has 182 valence electrons. The second kappa shape index (κ2) is 9.87. The van der Waals surface area contributed by atoms with Crippen molar-refractivity contribution in [1.82, 2.24) is 35.2 Å². The average Bonchev–Trinajstić information content (AvgIpc) is 3.59. The number of fused-ring (bicyclic) bond motifs is 1. The molecule has 1 saturated carbocycles. The van der Waals surface area contributed by atoms with Gasteiger partial charge in [0.05, 0.1) is 27.5 Å². The third kappa shape index (κ3) is 4.42. The van der Waals surface area contributed by atoms with Crippen LogP contribution in [0.1, 0.15) is 49.3 Å². The molecule has 3 aromatic heterocycles. The average molecular weight is 520 g/mol. The Bertz CT molecular complexity index is 1510. The minimum Gasteiger partial charge on any atom is -0.489 e. The summed E-state index contributed by atoms with van der Waals surface area (Å²) in [5.74, 6) is 1.71. The highest BCUT2D eigenvalue weighted by molar-refractivity contribution is 6.42. The second-order valence-corrected chi connectivity index (χ2v) is 9.81. The first kappa shape index (κ1) is 22.9. The number of ether oxygens (including phenoxy) is 1. The first-order valence-electron chi connectivity index (χ1n) is 12.0. The maximum absolute atomic E-state index is 6.16. The normalized spacial score (nSPS) is 14.4. The first-order valence-corrected chi connectivity index (χ1v) is 12.7. The summed E-state index contributed by atoms with van der Waals surface area (Å²) in [7, 11) is 0. The van der Waals surface area contributed by atoms with Crippen LogP contribution in [0.3, 0.4) is 0 Å². The van der Waals surface area contributed by atoms with Gasteiger partial charge in [0.2, 0.25) is 0 Å². The van der Waals surface area contributed by atoms with Crippen LogP contribution in [0.2, 0.25) is 10.0 Å². The third-order valence-corrected chi connectivity index (χ3v) is 7.43. The summed E-state index contributed by atoms with van der Waals surface area (Å²) in [6, 6.07) is 13.6. The van der Waals surface area contributed by atoms with Crippen LogP contribution in [0, 0.1) is 0 Å². The van der Waals surface area contributed by atoms with Crippen LogP contribution in [0.15, 0.2) is 54.9 Å². The molecule has 3 heterocycles. The number of aromatic nitrogens is 7. The summed E-state index contributed by atoms with van der Waals surface area (Å²) >= 11 is 12.2. The van der Waals surface area contributed by atoms with E-state index in [4.69, 9.17) is 38.0 Å². The zero-order valence-corrected chi connectivity index (χ0v) is 20.9. The van der Waals surface area contributed by atoms with E-state index in [0.717, 1.165) is 46.5 Å². The molecule has 2 aromatic carbocycles. The molecule has 1 fully saturated rings. The van der Waals surface area contributed by atoms with Crippen molar-refractivity contribution in [2.75, 3.05) is 0 Å². The molecule has 0 aliphatic heterocycles. The van der Waals surface area contributed by atoms with Crippen LogP contribution in [0.25, 0.3) is 28.2 Å². The van der Waals surface area contributed by atoms with Crippen LogP contribution in [0.4, 0.5) is 0 Å². The second-order valence-electron chi connectivity index (χ2n) is 9.00. The Morgan fingerprint density at radius 2 is 1.86 bits per heavy atom. The van der Waals surface area contributed by atoms with Crippen LogP contribution in [-0.4, -0.2) is 35.2 Å². The largest absolute Gasteiger partial charge is 0.489 e. The zero-order valence-electron chi connectivity index (χ0n) is 19.4. The molecule has 1 N–H and O–H groups in total. The molecule has 0 atom stereocenters. The van der Waals surface area contributed by atoms with E-state index in [-0.39, 0.29) is 0 Å².